The third-order valence-corrected chi connectivity index (χ3v) is 2.07. The van der Waals surface area contributed by atoms with Crippen molar-refractivity contribution in [2.45, 2.75) is 12.8 Å². The summed E-state index contributed by atoms with van der Waals surface area (Å²) in [5, 5.41) is 0. The number of ether oxygens (including phenoxy) is 1. The second kappa shape index (κ2) is 5.09. The lowest BCUT2D eigenvalue weighted by molar-refractivity contribution is 0.414. The van der Waals surface area contributed by atoms with Crippen molar-refractivity contribution in [3.8, 4) is 5.75 Å². The van der Waals surface area contributed by atoms with Crippen LogP contribution in [0.25, 0.3) is 0 Å². The summed E-state index contributed by atoms with van der Waals surface area (Å²) in [6, 6.07) is 8.17. The molecule has 0 spiro atoms. The maximum Gasteiger partial charge on any atom is 0.119 e. The van der Waals surface area contributed by atoms with Crippen LogP contribution in [0.1, 0.15) is 12.0 Å². The molecule has 1 aromatic rings. The Bertz CT molecular complexity index is 235. The fourth-order valence-corrected chi connectivity index (χ4v) is 1.27. The molecule has 0 saturated carbocycles. The first-order valence-corrected chi connectivity index (χ1v) is 4.74. The molecule has 1 aromatic carbocycles. The standard InChI is InChI=1S/C10H14OS/c1-11-10-6-2-4-9(8-10)5-3-7-12/h2,4,6,8,12H,3,5,7H2,1H3. The van der Waals surface area contributed by atoms with Gasteiger partial charge in [0, 0.05) is 0 Å². The molecule has 1 nitrogen and oxygen atoms in total. The molecule has 0 radical (unpaired) electrons. The van der Waals surface area contributed by atoms with E-state index in [1.54, 1.807) is 7.11 Å². The van der Waals surface area contributed by atoms with Gasteiger partial charge in [-0.15, -0.1) is 0 Å². The zero-order valence-electron chi connectivity index (χ0n) is 7.29. The Morgan fingerprint density at radius 3 is 2.92 bits per heavy atom. The van der Waals surface area contributed by atoms with Gasteiger partial charge in [0.25, 0.3) is 0 Å². The highest BCUT2D eigenvalue weighted by molar-refractivity contribution is 7.80. The van der Waals surface area contributed by atoms with Crippen LogP contribution in [-0.4, -0.2) is 12.9 Å². The van der Waals surface area contributed by atoms with Gasteiger partial charge in [0.1, 0.15) is 5.75 Å². The molecule has 0 fully saturated rings. The van der Waals surface area contributed by atoms with E-state index >= 15 is 0 Å². The molecule has 12 heavy (non-hydrogen) atoms. The summed E-state index contributed by atoms with van der Waals surface area (Å²) in [5.74, 6) is 1.88. The maximum absolute atomic E-state index is 5.12. The lowest BCUT2D eigenvalue weighted by Crippen LogP contribution is -1.88. The topological polar surface area (TPSA) is 9.23 Å². The summed E-state index contributed by atoms with van der Waals surface area (Å²) in [6.45, 7) is 0. The van der Waals surface area contributed by atoms with Gasteiger partial charge in [0.2, 0.25) is 0 Å². The van der Waals surface area contributed by atoms with E-state index in [1.165, 1.54) is 5.56 Å². The zero-order valence-corrected chi connectivity index (χ0v) is 8.18. The molecule has 0 N–H and O–H groups in total. The summed E-state index contributed by atoms with van der Waals surface area (Å²) >= 11 is 4.17. The normalized spacial score (nSPS) is 9.83. The minimum atomic E-state index is 0.937. The van der Waals surface area contributed by atoms with Crippen LogP contribution in [0.4, 0.5) is 0 Å². The quantitative estimate of drug-likeness (QED) is 0.704. The Morgan fingerprint density at radius 2 is 2.25 bits per heavy atom. The first-order chi connectivity index (χ1) is 5.86. The van der Waals surface area contributed by atoms with Crippen LogP contribution < -0.4 is 4.74 Å². The summed E-state index contributed by atoms with van der Waals surface area (Å²) < 4.78 is 5.12. The van der Waals surface area contributed by atoms with E-state index in [1.807, 2.05) is 12.1 Å². The molecular formula is C10H14OS. The Morgan fingerprint density at radius 1 is 1.42 bits per heavy atom. The summed E-state index contributed by atoms with van der Waals surface area (Å²) in [6.07, 6.45) is 2.21. The minimum Gasteiger partial charge on any atom is -0.497 e. The van der Waals surface area contributed by atoms with Crippen molar-refractivity contribution in [2.24, 2.45) is 0 Å². The molecule has 0 aromatic heterocycles. The molecule has 0 saturated heterocycles. The zero-order chi connectivity index (χ0) is 8.81. The second-order valence-corrected chi connectivity index (χ2v) is 3.13. The SMILES string of the molecule is COc1cccc(CCCS)c1. The monoisotopic (exact) mass is 182 g/mol. The second-order valence-electron chi connectivity index (χ2n) is 2.68. The lowest BCUT2D eigenvalue weighted by Gasteiger charge is -2.02. The van der Waals surface area contributed by atoms with Crippen LogP contribution in [-0.2, 0) is 6.42 Å². The highest BCUT2D eigenvalue weighted by Gasteiger charge is 1.94. The average molecular weight is 182 g/mol. The van der Waals surface area contributed by atoms with Gasteiger partial charge in [-0.25, -0.2) is 0 Å². The molecule has 0 heterocycles. The van der Waals surface area contributed by atoms with E-state index in [0.29, 0.717) is 0 Å². The highest BCUT2D eigenvalue weighted by atomic mass is 32.1. The molecule has 0 bridgehead atoms. The van der Waals surface area contributed by atoms with Gasteiger partial charge < -0.3 is 4.74 Å². The van der Waals surface area contributed by atoms with Crippen LogP contribution in [0.5, 0.6) is 5.75 Å². The lowest BCUT2D eigenvalue weighted by atomic mass is 10.1. The van der Waals surface area contributed by atoms with E-state index in [4.69, 9.17) is 4.74 Å². The molecule has 2 heteroatoms. The number of benzene rings is 1. The molecule has 0 aliphatic rings. The minimum absolute atomic E-state index is 0.937. The third kappa shape index (κ3) is 2.78. The number of methoxy groups -OCH3 is 1. The van der Waals surface area contributed by atoms with Gasteiger partial charge in [-0.05, 0) is 36.3 Å². The fraction of sp³-hybridized carbons (Fsp3) is 0.400. The number of rotatable bonds is 4. The van der Waals surface area contributed by atoms with Crippen LogP contribution in [0, 0.1) is 0 Å². The van der Waals surface area contributed by atoms with Crippen LogP contribution in [0.3, 0.4) is 0 Å². The fourth-order valence-electron chi connectivity index (χ4n) is 1.11. The largest absolute Gasteiger partial charge is 0.497 e. The summed E-state index contributed by atoms with van der Waals surface area (Å²) in [5.41, 5.74) is 1.32. The smallest absolute Gasteiger partial charge is 0.119 e. The first kappa shape index (κ1) is 9.46. The Kier molecular flexibility index (Phi) is 4.01. The number of aryl methyl sites for hydroxylation is 1. The van der Waals surface area contributed by atoms with E-state index < -0.39 is 0 Å². The predicted molar refractivity (Wildman–Crippen MR) is 55.2 cm³/mol. The average Bonchev–Trinajstić information content (AvgIpc) is 2.15. The predicted octanol–water partition coefficient (Wildman–Crippen LogP) is 2.56. The summed E-state index contributed by atoms with van der Waals surface area (Å²) in [7, 11) is 1.69. The molecule has 0 aliphatic heterocycles. The van der Waals surface area contributed by atoms with Crippen LogP contribution in [0.15, 0.2) is 24.3 Å². The molecule has 0 unspecified atom stereocenters. The van der Waals surface area contributed by atoms with Crippen molar-refractivity contribution >= 4 is 12.6 Å². The van der Waals surface area contributed by atoms with Crippen molar-refractivity contribution in [1.29, 1.82) is 0 Å². The van der Waals surface area contributed by atoms with E-state index in [9.17, 15) is 0 Å². The van der Waals surface area contributed by atoms with Crippen molar-refractivity contribution in [2.75, 3.05) is 12.9 Å². The highest BCUT2D eigenvalue weighted by Crippen LogP contribution is 2.13. The first-order valence-electron chi connectivity index (χ1n) is 4.10. The van der Waals surface area contributed by atoms with Gasteiger partial charge in [0.05, 0.1) is 7.11 Å². The third-order valence-electron chi connectivity index (χ3n) is 1.76. The molecule has 0 amide bonds. The molecule has 0 aliphatic carbocycles. The van der Waals surface area contributed by atoms with Gasteiger partial charge in [-0.2, -0.15) is 12.6 Å². The Balaban J connectivity index is 2.60. The molecule has 0 atom stereocenters. The van der Waals surface area contributed by atoms with Crippen LogP contribution >= 0.6 is 12.6 Å². The maximum atomic E-state index is 5.12. The van der Waals surface area contributed by atoms with Gasteiger partial charge in [0.15, 0.2) is 0 Å². The molecular weight excluding hydrogens is 168 g/mol. The van der Waals surface area contributed by atoms with Gasteiger partial charge in [-0.3, -0.25) is 0 Å². The van der Waals surface area contributed by atoms with Crippen molar-refractivity contribution in [1.82, 2.24) is 0 Å². The Hall–Kier alpha value is -0.630. The van der Waals surface area contributed by atoms with E-state index in [-0.39, 0.29) is 0 Å². The number of hydrogen-bond donors (Lipinski definition) is 1. The van der Waals surface area contributed by atoms with E-state index in [0.717, 1.165) is 24.3 Å². The molecule has 1 rings (SSSR count). The number of hydrogen-bond acceptors (Lipinski definition) is 2. The van der Waals surface area contributed by atoms with Gasteiger partial charge >= 0.3 is 0 Å². The van der Waals surface area contributed by atoms with Crippen molar-refractivity contribution in [3.63, 3.8) is 0 Å². The van der Waals surface area contributed by atoms with Gasteiger partial charge in [-0.1, -0.05) is 12.1 Å². The van der Waals surface area contributed by atoms with E-state index in [2.05, 4.69) is 24.8 Å². The molecule has 66 valence electrons. The van der Waals surface area contributed by atoms with Crippen molar-refractivity contribution < 1.29 is 4.74 Å². The van der Waals surface area contributed by atoms with Crippen molar-refractivity contribution in [3.05, 3.63) is 29.8 Å². The summed E-state index contributed by atoms with van der Waals surface area (Å²) in [4.78, 5) is 0. The number of thiol groups is 1. The Labute approximate surface area is 79.2 Å². The van der Waals surface area contributed by atoms with Crippen LogP contribution in [0.2, 0.25) is 0 Å².